The number of para-hydroxylation sites is 1. The summed E-state index contributed by atoms with van der Waals surface area (Å²) in [5, 5.41) is 9.67. The smallest absolute Gasteiger partial charge is 0.233 e. The molecule has 1 unspecified atom stereocenters. The van der Waals surface area contributed by atoms with Gasteiger partial charge in [-0.2, -0.15) is 0 Å². The van der Waals surface area contributed by atoms with Gasteiger partial charge in [0.1, 0.15) is 12.4 Å². The van der Waals surface area contributed by atoms with Crippen LogP contribution >= 0.6 is 23.4 Å². The van der Waals surface area contributed by atoms with E-state index in [0.29, 0.717) is 33.5 Å². The molecule has 1 aromatic heterocycles. The summed E-state index contributed by atoms with van der Waals surface area (Å²) in [6.07, 6.45) is 0. The molecule has 9 heteroatoms. The molecule has 4 rings (SSSR count). The number of hydrogen-bond donors (Lipinski definition) is 0. The number of amides is 1. The number of carbonyl (C=O) groups excluding carboxylic acids is 1. The molecule has 2 heterocycles. The van der Waals surface area contributed by atoms with Gasteiger partial charge in [0.25, 0.3) is 0 Å². The van der Waals surface area contributed by atoms with Crippen molar-refractivity contribution < 1.29 is 9.53 Å². The average Bonchev–Trinajstić information content (AvgIpc) is 3.21. The third-order valence-electron chi connectivity index (χ3n) is 5.94. The van der Waals surface area contributed by atoms with Gasteiger partial charge in [-0.25, -0.2) is 0 Å². The Morgan fingerprint density at radius 1 is 1.06 bits per heavy atom. The van der Waals surface area contributed by atoms with E-state index < -0.39 is 0 Å². The summed E-state index contributed by atoms with van der Waals surface area (Å²) in [4.78, 5) is 17.1. The van der Waals surface area contributed by atoms with Crippen molar-refractivity contribution in [2.24, 2.45) is 7.05 Å². The molecule has 1 saturated heterocycles. The Morgan fingerprint density at radius 2 is 1.76 bits per heavy atom. The first-order valence-corrected chi connectivity index (χ1v) is 12.3. The highest BCUT2D eigenvalue weighted by atomic mass is 35.5. The molecule has 3 aromatic rings. The van der Waals surface area contributed by atoms with E-state index in [2.05, 4.69) is 46.3 Å². The molecule has 0 radical (unpaired) electrons. The zero-order valence-electron chi connectivity index (χ0n) is 18.9. The van der Waals surface area contributed by atoms with Gasteiger partial charge in [0.05, 0.1) is 10.8 Å². The van der Waals surface area contributed by atoms with Crippen molar-refractivity contribution in [3.63, 3.8) is 0 Å². The fourth-order valence-corrected chi connectivity index (χ4v) is 4.84. The lowest BCUT2D eigenvalue weighted by Gasteiger charge is -2.38. The second-order valence-corrected chi connectivity index (χ2v) is 9.32. The van der Waals surface area contributed by atoms with Crippen LogP contribution in [0.25, 0.3) is 0 Å². The molecule has 33 heavy (non-hydrogen) atoms. The van der Waals surface area contributed by atoms with E-state index in [0.717, 1.165) is 26.2 Å². The second-order valence-electron chi connectivity index (χ2n) is 7.97. The lowest BCUT2D eigenvalue weighted by Crippen LogP contribution is -2.49. The lowest BCUT2D eigenvalue weighted by atomic mass is 10.1. The lowest BCUT2D eigenvalue weighted by molar-refractivity contribution is -0.130. The van der Waals surface area contributed by atoms with E-state index in [1.54, 1.807) is 6.07 Å². The summed E-state index contributed by atoms with van der Waals surface area (Å²) in [5.41, 5.74) is 1.31. The van der Waals surface area contributed by atoms with Crippen LogP contribution in [0.2, 0.25) is 5.02 Å². The molecule has 0 aliphatic carbocycles. The van der Waals surface area contributed by atoms with Gasteiger partial charge in [0.2, 0.25) is 5.91 Å². The van der Waals surface area contributed by atoms with Gasteiger partial charge in [-0.15, -0.1) is 10.2 Å². The number of rotatable bonds is 8. The Kier molecular flexibility index (Phi) is 7.90. The summed E-state index contributed by atoms with van der Waals surface area (Å²) >= 11 is 7.54. The number of ether oxygens (including phenoxy) is 1. The SMILES string of the molecule is CC(c1ccccc1)N1CCN(C(=O)CSc2nnc(COc3ccccc3Cl)n2C)CC1. The maximum Gasteiger partial charge on any atom is 0.233 e. The van der Waals surface area contributed by atoms with Crippen LogP contribution in [-0.4, -0.2) is 62.4 Å². The zero-order chi connectivity index (χ0) is 23.2. The first-order valence-electron chi connectivity index (χ1n) is 11.0. The van der Waals surface area contributed by atoms with E-state index in [1.165, 1.54) is 17.3 Å². The first kappa shape index (κ1) is 23.6. The first-order chi connectivity index (χ1) is 16.0. The van der Waals surface area contributed by atoms with Crippen molar-refractivity contribution >= 4 is 29.3 Å². The third kappa shape index (κ3) is 5.88. The Bertz CT molecular complexity index is 1070. The van der Waals surface area contributed by atoms with Crippen molar-refractivity contribution in [2.45, 2.75) is 24.7 Å². The minimum Gasteiger partial charge on any atom is -0.484 e. The van der Waals surface area contributed by atoms with Crippen molar-refractivity contribution in [1.82, 2.24) is 24.6 Å². The van der Waals surface area contributed by atoms with Crippen LogP contribution in [0.4, 0.5) is 0 Å². The number of piperazine rings is 1. The maximum atomic E-state index is 12.8. The minimum absolute atomic E-state index is 0.129. The van der Waals surface area contributed by atoms with Crippen LogP contribution in [0, 0.1) is 0 Å². The van der Waals surface area contributed by atoms with Crippen LogP contribution in [0.1, 0.15) is 24.4 Å². The summed E-state index contributed by atoms with van der Waals surface area (Å²) < 4.78 is 7.61. The molecule has 1 aliphatic rings. The number of halogens is 1. The van der Waals surface area contributed by atoms with E-state index in [9.17, 15) is 4.79 Å². The number of nitrogens with zero attached hydrogens (tertiary/aromatic N) is 5. The van der Waals surface area contributed by atoms with E-state index >= 15 is 0 Å². The van der Waals surface area contributed by atoms with Crippen LogP contribution < -0.4 is 4.74 Å². The molecule has 174 valence electrons. The number of benzene rings is 2. The largest absolute Gasteiger partial charge is 0.484 e. The number of hydrogen-bond acceptors (Lipinski definition) is 6. The summed E-state index contributed by atoms with van der Waals surface area (Å²) in [5.74, 6) is 1.75. The van der Waals surface area contributed by atoms with Crippen LogP contribution in [0.5, 0.6) is 5.75 Å². The molecule has 2 aromatic carbocycles. The molecule has 1 amide bonds. The molecule has 1 aliphatic heterocycles. The quantitative estimate of drug-likeness (QED) is 0.449. The number of thioether (sulfide) groups is 1. The van der Waals surface area contributed by atoms with Crippen LogP contribution in [0.3, 0.4) is 0 Å². The van der Waals surface area contributed by atoms with Gasteiger partial charge >= 0.3 is 0 Å². The highest BCUT2D eigenvalue weighted by Crippen LogP contribution is 2.25. The Hall–Kier alpha value is -2.55. The molecular formula is C24H28ClN5O2S. The average molecular weight is 486 g/mol. The predicted octanol–water partition coefficient (Wildman–Crippen LogP) is 4.05. The molecule has 0 N–H and O–H groups in total. The van der Waals surface area contributed by atoms with Crippen LogP contribution in [-0.2, 0) is 18.4 Å². The fraction of sp³-hybridized carbons (Fsp3) is 0.375. The summed E-state index contributed by atoms with van der Waals surface area (Å²) in [6.45, 7) is 5.71. The third-order valence-corrected chi connectivity index (χ3v) is 7.26. The highest BCUT2D eigenvalue weighted by molar-refractivity contribution is 7.99. The topological polar surface area (TPSA) is 63.5 Å². The van der Waals surface area contributed by atoms with Gasteiger partial charge in [-0.1, -0.05) is 65.8 Å². The maximum absolute atomic E-state index is 12.8. The van der Waals surface area contributed by atoms with Crippen molar-refractivity contribution in [3.05, 3.63) is 71.0 Å². The second kappa shape index (κ2) is 11.0. The minimum atomic E-state index is 0.129. The molecule has 0 spiro atoms. The van der Waals surface area contributed by atoms with Crippen molar-refractivity contribution in [2.75, 3.05) is 31.9 Å². The van der Waals surface area contributed by atoms with Gasteiger partial charge < -0.3 is 14.2 Å². The highest BCUT2D eigenvalue weighted by Gasteiger charge is 2.25. The molecule has 7 nitrogen and oxygen atoms in total. The van der Waals surface area contributed by atoms with Crippen molar-refractivity contribution in [1.29, 1.82) is 0 Å². The van der Waals surface area contributed by atoms with Gasteiger partial charge in [0, 0.05) is 39.3 Å². The van der Waals surface area contributed by atoms with E-state index in [-0.39, 0.29) is 12.5 Å². The van der Waals surface area contributed by atoms with Gasteiger partial charge in [-0.3, -0.25) is 9.69 Å². The standard InChI is InChI=1S/C24H28ClN5O2S/c1-18(19-8-4-3-5-9-19)29-12-14-30(15-13-29)23(31)17-33-24-27-26-22(28(24)2)16-32-21-11-7-6-10-20(21)25/h3-11,18H,12-17H2,1-2H3. The van der Waals surface area contributed by atoms with Crippen molar-refractivity contribution in [3.8, 4) is 5.75 Å². The Morgan fingerprint density at radius 3 is 2.48 bits per heavy atom. The normalized spacial score (nSPS) is 15.4. The Labute approximate surface area is 203 Å². The van der Waals surface area contributed by atoms with E-state index in [1.807, 2.05) is 40.8 Å². The molecule has 0 bridgehead atoms. The number of aromatic nitrogens is 3. The molecule has 1 fully saturated rings. The summed E-state index contributed by atoms with van der Waals surface area (Å²) in [6, 6.07) is 18.2. The Balaban J connectivity index is 1.24. The van der Waals surface area contributed by atoms with Gasteiger partial charge in [-0.05, 0) is 24.6 Å². The zero-order valence-corrected chi connectivity index (χ0v) is 20.4. The molecular weight excluding hydrogens is 458 g/mol. The van der Waals surface area contributed by atoms with Gasteiger partial charge in [0.15, 0.2) is 11.0 Å². The monoisotopic (exact) mass is 485 g/mol. The molecule has 0 saturated carbocycles. The number of carbonyl (C=O) groups is 1. The molecule has 1 atom stereocenters. The predicted molar refractivity (Wildman–Crippen MR) is 131 cm³/mol. The fourth-order valence-electron chi connectivity index (χ4n) is 3.82. The van der Waals surface area contributed by atoms with Crippen LogP contribution in [0.15, 0.2) is 59.8 Å². The van der Waals surface area contributed by atoms with E-state index in [4.69, 9.17) is 16.3 Å². The summed E-state index contributed by atoms with van der Waals surface area (Å²) in [7, 11) is 1.88.